The minimum absolute atomic E-state index is 0.0962. The van der Waals surface area contributed by atoms with Crippen LogP contribution in [0.5, 0.6) is 0 Å². The number of aromatic nitrogens is 1. The molecule has 6 heteroatoms. The first kappa shape index (κ1) is 16.5. The lowest BCUT2D eigenvalue weighted by Gasteiger charge is -2.10. The number of carbonyl (C=O) groups excluding carboxylic acids is 3. The number of amides is 2. The second-order valence-electron chi connectivity index (χ2n) is 5.26. The van der Waals surface area contributed by atoms with Gasteiger partial charge in [0.15, 0.2) is 5.78 Å². The summed E-state index contributed by atoms with van der Waals surface area (Å²) in [5.41, 5.74) is 2.88. The molecular weight excluding hydrogens is 294 g/mol. The van der Waals surface area contributed by atoms with Crippen LogP contribution in [-0.2, 0) is 0 Å². The number of ketones is 1. The highest BCUT2D eigenvalue weighted by molar-refractivity contribution is 6.10. The first-order chi connectivity index (χ1) is 10.9. The van der Waals surface area contributed by atoms with Crippen LogP contribution in [-0.4, -0.2) is 29.6 Å². The van der Waals surface area contributed by atoms with Gasteiger partial charge in [0.05, 0.1) is 11.3 Å². The maximum atomic E-state index is 12.5. The Morgan fingerprint density at radius 1 is 1.04 bits per heavy atom. The van der Waals surface area contributed by atoms with Gasteiger partial charge in [0, 0.05) is 18.3 Å². The maximum Gasteiger partial charge on any atom is 0.272 e. The number of hydrogen-bond acceptors (Lipinski definition) is 3. The van der Waals surface area contributed by atoms with E-state index < -0.39 is 5.91 Å². The molecular formula is C17H19N3O3. The van der Waals surface area contributed by atoms with Gasteiger partial charge in [-0.3, -0.25) is 14.4 Å². The molecule has 0 radical (unpaired) electrons. The van der Waals surface area contributed by atoms with E-state index in [-0.39, 0.29) is 11.7 Å². The van der Waals surface area contributed by atoms with Crippen molar-refractivity contribution in [3.63, 3.8) is 0 Å². The largest absolute Gasteiger partial charge is 0.355 e. The lowest BCUT2D eigenvalue weighted by atomic mass is 10.1. The van der Waals surface area contributed by atoms with Crippen LogP contribution in [0.4, 0.5) is 5.69 Å². The number of aryl methyl sites for hydroxylation is 1. The fourth-order valence-electron chi connectivity index (χ4n) is 2.61. The molecule has 120 valence electrons. The molecule has 3 N–H and O–H groups in total. The molecule has 0 aliphatic carbocycles. The summed E-state index contributed by atoms with van der Waals surface area (Å²) in [6, 6.07) is 6.73. The van der Waals surface area contributed by atoms with Crippen LogP contribution in [0.15, 0.2) is 24.3 Å². The van der Waals surface area contributed by atoms with Crippen LogP contribution < -0.4 is 10.6 Å². The van der Waals surface area contributed by atoms with E-state index in [1.165, 1.54) is 14.0 Å². The molecule has 0 atom stereocenters. The van der Waals surface area contributed by atoms with Crippen LogP contribution in [0, 0.1) is 13.8 Å². The summed E-state index contributed by atoms with van der Waals surface area (Å²) in [7, 11) is 1.53. The topological polar surface area (TPSA) is 91.1 Å². The van der Waals surface area contributed by atoms with Crippen LogP contribution in [0.1, 0.15) is 49.4 Å². The van der Waals surface area contributed by atoms with E-state index in [9.17, 15) is 14.4 Å². The predicted molar refractivity (Wildman–Crippen MR) is 88.1 cm³/mol. The number of rotatable bonds is 4. The Labute approximate surface area is 134 Å². The number of carbonyl (C=O) groups is 3. The molecule has 6 nitrogen and oxygen atoms in total. The molecule has 0 fully saturated rings. The van der Waals surface area contributed by atoms with Crippen molar-refractivity contribution >= 4 is 23.3 Å². The first-order valence-electron chi connectivity index (χ1n) is 7.19. The van der Waals surface area contributed by atoms with Gasteiger partial charge in [0.2, 0.25) is 0 Å². The number of nitrogens with one attached hydrogen (secondary N) is 3. The van der Waals surface area contributed by atoms with Crippen LogP contribution in [0.2, 0.25) is 0 Å². The zero-order valence-corrected chi connectivity index (χ0v) is 13.5. The molecule has 2 rings (SSSR count). The number of aromatic amines is 1. The van der Waals surface area contributed by atoms with Gasteiger partial charge in [-0.25, -0.2) is 0 Å². The van der Waals surface area contributed by atoms with Crippen molar-refractivity contribution in [2.75, 3.05) is 12.4 Å². The Morgan fingerprint density at radius 3 is 2.26 bits per heavy atom. The summed E-state index contributed by atoms with van der Waals surface area (Å²) >= 11 is 0. The third-order valence-corrected chi connectivity index (χ3v) is 3.66. The quantitative estimate of drug-likeness (QED) is 0.757. The molecule has 0 saturated carbocycles. The fraction of sp³-hybridized carbons (Fsp3) is 0.235. The molecule has 2 aromatic rings. The molecule has 1 aromatic heterocycles. The molecule has 0 spiro atoms. The van der Waals surface area contributed by atoms with Crippen molar-refractivity contribution < 1.29 is 14.4 Å². The van der Waals surface area contributed by atoms with Gasteiger partial charge in [-0.15, -0.1) is 0 Å². The summed E-state index contributed by atoms with van der Waals surface area (Å²) in [6.45, 7) is 4.94. The second-order valence-corrected chi connectivity index (χ2v) is 5.26. The lowest BCUT2D eigenvalue weighted by Crippen LogP contribution is -2.22. The van der Waals surface area contributed by atoms with E-state index in [2.05, 4.69) is 15.6 Å². The molecule has 0 aliphatic heterocycles. The normalized spacial score (nSPS) is 10.3. The predicted octanol–water partition coefficient (Wildman–Crippen LogP) is 2.45. The Balaban J connectivity index is 2.36. The van der Waals surface area contributed by atoms with E-state index in [4.69, 9.17) is 0 Å². The van der Waals surface area contributed by atoms with Crippen molar-refractivity contribution in [2.45, 2.75) is 20.8 Å². The number of H-pyrrole nitrogens is 1. The number of benzene rings is 1. The van der Waals surface area contributed by atoms with E-state index >= 15 is 0 Å². The molecule has 1 aromatic carbocycles. The van der Waals surface area contributed by atoms with Crippen molar-refractivity contribution in [3.05, 3.63) is 52.3 Å². The van der Waals surface area contributed by atoms with Crippen molar-refractivity contribution in [1.29, 1.82) is 0 Å². The molecule has 0 bridgehead atoms. The summed E-state index contributed by atoms with van der Waals surface area (Å²) in [6.07, 6.45) is 0. The highest BCUT2D eigenvalue weighted by Crippen LogP contribution is 2.21. The molecule has 0 unspecified atom stereocenters. The third kappa shape index (κ3) is 3.15. The summed E-state index contributed by atoms with van der Waals surface area (Å²) in [5, 5.41) is 5.25. The molecule has 1 heterocycles. The Hall–Kier alpha value is -2.89. The second kappa shape index (κ2) is 6.48. The SMILES string of the molecule is CNC(=O)c1ccccc1NC(=O)c1[nH]c(C)c(C(C)=O)c1C. The maximum absolute atomic E-state index is 12.5. The third-order valence-electron chi connectivity index (χ3n) is 3.66. The van der Waals surface area contributed by atoms with E-state index in [1.54, 1.807) is 38.1 Å². The number of anilines is 1. The van der Waals surface area contributed by atoms with Gasteiger partial charge in [0.25, 0.3) is 11.8 Å². The zero-order chi connectivity index (χ0) is 17.1. The fourth-order valence-corrected chi connectivity index (χ4v) is 2.61. The zero-order valence-electron chi connectivity index (χ0n) is 13.5. The Bertz CT molecular complexity index is 790. The van der Waals surface area contributed by atoms with Crippen molar-refractivity contribution in [2.24, 2.45) is 0 Å². The molecule has 2 amide bonds. The van der Waals surface area contributed by atoms with Gasteiger partial charge < -0.3 is 15.6 Å². The van der Waals surface area contributed by atoms with Crippen LogP contribution in [0.3, 0.4) is 0 Å². The molecule has 23 heavy (non-hydrogen) atoms. The monoisotopic (exact) mass is 313 g/mol. The smallest absolute Gasteiger partial charge is 0.272 e. The summed E-state index contributed by atoms with van der Waals surface area (Å²) < 4.78 is 0. The average Bonchev–Trinajstić information content (AvgIpc) is 2.82. The van der Waals surface area contributed by atoms with Gasteiger partial charge in [0.1, 0.15) is 5.69 Å². The van der Waals surface area contributed by atoms with E-state index in [0.717, 1.165) is 0 Å². The van der Waals surface area contributed by atoms with E-state index in [1.807, 2.05) is 0 Å². The number of Topliss-reactive ketones (excluding diaryl/α,β-unsaturated/α-hetero) is 1. The van der Waals surface area contributed by atoms with Gasteiger partial charge in [-0.05, 0) is 38.5 Å². The van der Waals surface area contributed by atoms with Crippen molar-refractivity contribution in [3.8, 4) is 0 Å². The Morgan fingerprint density at radius 2 is 1.70 bits per heavy atom. The lowest BCUT2D eigenvalue weighted by molar-refractivity contribution is 0.0962. The van der Waals surface area contributed by atoms with Gasteiger partial charge in [-0.2, -0.15) is 0 Å². The van der Waals surface area contributed by atoms with Gasteiger partial charge >= 0.3 is 0 Å². The van der Waals surface area contributed by atoms with Crippen LogP contribution in [0.25, 0.3) is 0 Å². The summed E-state index contributed by atoms with van der Waals surface area (Å²) in [4.78, 5) is 39.0. The number of hydrogen-bond donors (Lipinski definition) is 3. The van der Waals surface area contributed by atoms with Crippen molar-refractivity contribution in [1.82, 2.24) is 10.3 Å². The first-order valence-corrected chi connectivity index (χ1v) is 7.19. The minimum atomic E-state index is -0.394. The molecule has 0 aliphatic rings. The van der Waals surface area contributed by atoms with Gasteiger partial charge in [-0.1, -0.05) is 12.1 Å². The molecule has 0 saturated heterocycles. The number of para-hydroxylation sites is 1. The summed E-state index contributed by atoms with van der Waals surface area (Å²) in [5.74, 6) is -0.778. The average molecular weight is 313 g/mol. The standard InChI is InChI=1S/C17H19N3O3/c1-9-14(11(3)21)10(2)19-15(9)17(23)20-13-8-6-5-7-12(13)16(22)18-4/h5-8,19H,1-4H3,(H,18,22)(H,20,23). The highest BCUT2D eigenvalue weighted by atomic mass is 16.2. The Kier molecular flexibility index (Phi) is 4.64. The van der Waals surface area contributed by atoms with Crippen LogP contribution >= 0.6 is 0 Å². The van der Waals surface area contributed by atoms with E-state index in [0.29, 0.717) is 33.8 Å². The minimum Gasteiger partial charge on any atom is -0.355 e. The highest BCUT2D eigenvalue weighted by Gasteiger charge is 2.21.